The van der Waals surface area contributed by atoms with Crippen molar-refractivity contribution in [1.82, 2.24) is 15.3 Å². The normalized spacial score (nSPS) is 10.0. The molecule has 0 saturated carbocycles. The molecule has 1 aromatic heterocycles. The van der Waals surface area contributed by atoms with Crippen LogP contribution < -0.4 is 10.6 Å². The maximum Gasteiger partial charge on any atom is 0.254 e. The Balaban J connectivity index is 2.06. The lowest BCUT2D eigenvalue weighted by Gasteiger charge is -2.06. The zero-order valence-corrected chi connectivity index (χ0v) is 12.4. The van der Waals surface area contributed by atoms with E-state index in [4.69, 9.17) is 23.2 Å². The van der Waals surface area contributed by atoms with E-state index in [0.717, 1.165) is 0 Å². The van der Waals surface area contributed by atoms with Crippen molar-refractivity contribution < 1.29 is 4.79 Å². The second-order valence-electron chi connectivity index (χ2n) is 4.05. The van der Waals surface area contributed by atoms with Crippen LogP contribution >= 0.6 is 23.2 Å². The topological polar surface area (TPSA) is 66.9 Å². The van der Waals surface area contributed by atoms with Crippen molar-refractivity contribution in [3.8, 4) is 0 Å². The Labute approximate surface area is 132 Å². The van der Waals surface area contributed by atoms with Crippen LogP contribution in [-0.4, -0.2) is 22.4 Å². The van der Waals surface area contributed by atoms with E-state index in [1.807, 2.05) is 0 Å². The fraction of sp³-hybridized carbons (Fsp3) is 0.0714. The number of benzene rings is 1. The molecular formula is C14H12Cl2N4O. The highest BCUT2D eigenvalue weighted by Crippen LogP contribution is 2.26. The third kappa shape index (κ3) is 4.18. The van der Waals surface area contributed by atoms with E-state index in [9.17, 15) is 4.79 Å². The maximum atomic E-state index is 11.7. The number of nitrogens with zero attached hydrogens (tertiary/aromatic N) is 2. The van der Waals surface area contributed by atoms with Crippen molar-refractivity contribution in [3.63, 3.8) is 0 Å². The van der Waals surface area contributed by atoms with Gasteiger partial charge in [-0.25, -0.2) is 9.97 Å². The van der Waals surface area contributed by atoms with Gasteiger partial charge in [0.25, 0.3) is 5.91 Å². The van der Waals surface area contributed by atoms with Crippen LogP contribution in [0.4, 0.5) is 11.6 Å². The molecule has 0 aliphatic heterocycles. The first-order chi connectivity index (χ1) is 10.1. The minimum Gasteiger partial charge on any atom is -0.348 e. The summed E-state index contributed by atoms with van der Waals surface area (Å²) < 4.78 is 0. The molecule has 0 spiro atoms. The van der Waals surface area contributed by atoms with Gasteiger partial charge >= 0.3 is 0 Å². The van der Waals surface area contributed by atoms with Gasteiger partial charge in [0.1, 0.15) is 0 Å². The van der Waals surface area contributed by atoms with Crippen LogP contribution in [-0.2, 0) is 0 Å². The van der Waals surface area contributed by atoms with Crippen LogP contribution in [0.15, 0.2) is 43.2 Å². The van der Waals surface area contributed by atoms with Gasteiger partial charge in [0, 0.05) is 24.6 Å². The van der Waals surface area contributed by atoms with Crippen molar-refractivity contribution in [2.24, 2.45) is 0 Å². The largest absolute Gasteiger partial charge is 0.348 e. The summed E-state index contributed by atoms with van der Waals surface area (Å²) in [6.45, 7) is 3.92. The standard InChI is InChI=1S/C14H12Cl2N4O/c1-2-5-17-13(21)9-7-18-14(19-8-9)20-10-3-4-11(15)12(16)6-10/h2-4,6-8H,1,5H2,(H,17,21)(H,18,19,20). The molecule has 7 heteroatoms. The molecule has 2 N–H and O–H groups in total. The zero-order valence-electron chi connectivity index (χ0n) is 10.9. The molecule has 0 bridgehead atoms. The summed E-state index contributed by atoms with van der Waals surface area (Å²) >= 11 is 11.8. The minimum atomic E-state index is -0.254. The quantitative estimate of drug-likeness (QED) is 0.827. The number of carbonyl (C=O) groups is 1. The predicted octanol–water partition coefficient (Wildman–Crippen LogP) is 3.44. The lowest BCUT2D eigenvalue weighted by atomic mass is 10.3. The number of hydrogen-bond donors (Lipinski definition) is 2. The molecular weight excluding hydrogens is 311 g/mol. The Morgan fingerprint density at radius 1 is 1.24 bits per heavy atom. The van der Waals surface area contributed by atoms with Gasteiger partial charge in [0.15, 0.2) is 0 Å². The highest BCUT2D eigenvalue weighted by molar-refractivity contribution is 6.42. The number of carbonyl (C=O) groups excluding carboxylic acids is 1. The Morgan fingerprint density at radius 2 is 1.95 bits per heavy atom. The van der Waals surface area contributed by atoms with E-state index >= 15 is 0 Å². The second-order valence-corrected chi connectivity index (χ2v) is 4.86. The smallest absolute Gasteiger partial charge is 0.254 e. The molecule has 0 atom stereocenters. The van der Waals surface area contributed by atoms with Gasteiger partial charge < -0.3 is 10.6 Å². The summed E-state index contributed by atoms with van der Waals surface area (Å²) in [5, 5.41) is 6.51. The molecule has 1 amide bonds. The third-order valence-electron chi connectivity index (χ3n) is 2.50. The molecule has 0 saturated heterocycles. The summed E-state index contributed by atoms with van der Waals surface area (Å²) in [4.78, 5) is 19.8. The van der Waals surface area contributed by atoms with Crippen LogP contribution in [0, 0.1) is 0 Å². The van der Waals surface area contributed by atoms with Gasteiger partial charge in [-0.15, -0.1) is 6.58 Å². The molecule has 0 radical (unpaired) electrons. The van der Waals surface area contributed by atoms with Crippen LogP contribution in [0.25, 0.3) is 0 Å². The third-order valence-corrected chi connectivity index (χ3v) is 3.24. The highest BCUT2D eigenvalue weighted by atomic mass is 35.5. The Bertz CT molecular complexity index is 659. The first-order valence-corrected chi connectivity index (χ1v) is 6.79. The molecule has 5 nitrogen and oxygen atoms in total. The average molecular weight is 323 g/mol. The summed E-state index contributed by atoms with van der Waals surface area (Å²) in [7, 11) is 0. The second kappa shape index (κ2) is 7.06. The van der Waals surface area contributed by atoms with Crippen molar-refractivity contribution in [3.05, 3.63) is 58.9 Å². The summed E-state index contributed by atoms with van der Waals surface area (Å²) in [6, 6.07) is 5.09. The lowest BCUT2D eigenvalue weighted by molar-refractivity contribution is 0.0957. The molecule has 2 aromatic rings. The molecule has 0 unspecified atom stereocenters. The number of anilines is 2. The Morgan fingerprint density at radius 3 is 2.57 bits per heavy atom. The van der Waals surface area contributed by atoms with Crippen molar-refractivity contribution >= 4 is 40.7 Å². The maximum absolute atomic E-state index is 11.7. The predicted molar refractivity (Wildman–Crippen MR) is 84.3 cm³/mol. The lowest BCUT2D eigenvalue weighted by Crippen LogP contribution is -2.23. The SMILES string of the molecule is C=CCNC(=O)c1cnc(Nc2ccc(Cl)c(Cl)c2)nc1. The van der Waals surface area contributed by atoms with Crippen LogP contribution in [0.2, 0.25) is 10.0 Å². The molecule has 1 heterocycles. The molecule has 21 heavy (non-hydrogen) atoms. The van der Waals surface area contributed by atoms with Gasteiger partial charge in [0.05, 0.1) is 15.6 Å². The molecule has 0 aliphatic carbocycles. The minimum absolute atomic E-state index is 0.254. The average Bonchev–Trinajstić information content (AvgIpc) is 2.49. The number of rotatable bonds is 5. The van der Waals surface area contributed by atoms with E-state index in [1.54, 1.807) is 24.3 Å². The molecule has 108 valence electrons. The monoisotopic (exact) mass is 322 g/mol. The van der Waals surface area contributed by atoms with Gasteiger partial charge in [-0.05, 0) is 18.2 Å². The number of nitrogens with one attached hydrogen (secondary N) is 2. The van der Waals surface area contributed by atoms with Crippen LogP contribution in [0.5, 0.6) is 0 Å². The van der Waals surface area contributed by atoms with Crippen molar-refractivity contribution in [2.45, 2.75) is 0 Å². The van der Waals surface area contributed by atoms with Crippen LogP contribution in [0.1, 0.15) is 10.4 Å². The summed E-state index contributed by atoms with van der Waals surface area (Å²) in [6.07, 6.45) is 4.47. The van der Waals surface area contributed by atoms with E-state index in [0.29, 0.717) is 33.8 Å². The molecule has 0 fully saturated rings. The fourth-order valence-corrected chi connectivity index (χ4v) is 1.78. The molecule has 0 aliphatic rings. The number of halogens is 2. The first-order valence-electron chi connectivity index (χ1n) is 6.03. The summed E-state index contributed by atoms with van der Waals surface area (Å²) in [5.41, 5.74) is 1.07. The number of aromatic nitrogens is 2. The fourth-order valence-electron chi connectivity index (χ4n) is 1.48. The van der Waals surface area contributed by atoms with Crippen molar-refractivity contribution in [2.75, 3.05) is 11.9 Å². The summed E-state index contributed by atoms with van der Waals surface area (Å²) in [5.74, 6) is 0.102. The Kier molecular flexibility index (Phi) is 5.14. The van der Waals surface area contributed by atoms with Crippen molar-refractivity contribution in [1.29, 1.82) is 0 Å². The number of hydrogen-bond acceptors (Lipinski definition) is 4. The number of amides is 1. The molecule has 2 rings (SSSR count). The van der Waals surface area contributed by atoms with E-state index in [-0.39, 0.29) is 5.91 Å². The van der Waals surface area contributed by atoms with E-state index < -0.39 is 0 Å². The Hall–Kier alpha value is -2.11. The van der Waals surface area contributed by atoms with Crippen LogP contribution in [0.3, 0.4) is 0 Å². The van der Waals surface area contributed by atoms with Gasteiger partial charge in [-0.2, -0.15) is 0 Å². The highest BCUT2D eigenvalue weighted by Gasteiger charge is 2.06. The molecule has 1 aromatic carbocycles. The van der Waals surface area contributed by atoms with Gasteiger partial charge in [0.2, 0.25) is 5.95 Å². The zero-order chi connectivity index (χ0) is 15.2. The van der Waals surface area contributed by atoms with E-state index in [2.05, 4.69) is 27.2 Å². The first kappa shape index (κ1) is 15.3. The van der Waals surface area contributed by atoms with Gasteiger partial charge in [-0.3, -0.25) is 4.79 Å². The van der Waals surface area contributed by atoms with Gasteiger partial charge in [-0.1, -0.05) is 29.3 Å². The van der Waals surface area contributed by atoms with E-state index in [1.165, 1.54) is 12.4 Å².